The van der Waals surface area contributed by atoms with E-state index in [0.29, 0.717) is 11.7 Å². The zero-order valence-corrected chi connectivity index (χ0v) is 12.4. The third-order valence-corrected chi connectivity index (χ3v) is 2.12. The number of carbonyl (C=O) groups excluding carboxylic acids is 1. The summed E-state index contributed by atoms with van der Waals surface area (Å²) in [6, 6.07) is 0. The third-order valence-electron chi connectivity index (χ3n) is 1.79. The van der Waals surface area contributed by atoms with Crippen LogP contribution in [-0.4, -0.2) is 17.6 Å². The molecule has 0 atom stereocenters. The van der Waals surface area contributed by atoms with Gasteiger partial charge in [-0.15, -0.1) is 0 Å². The molecule has 0 radical (unpaired) electrons. The third kappa shape index (κ3) is 14.4. The molecule has 0 aliphatic rings. The zero-order valence-electron chi connectivity index (χ0n) is 9.58. The number of rotatable bonds is 8. The van der Waals surface area contributed by atoms with Gasteiger partial charge < -0.3 is 14.6 Å². The second kappa shape index (κ2) is 12.4. The Morgan fingerprint density at radius 3 is 2.47 bits per heavy atom. The van der Waals surface area contributed by atoms with Crippen LogP contribution in [0.2, 0.25) is 0 Å². The minimum Gasteiger partial charge on any atom is -0.550 e. The van der Waals surface area contributed by atoms with E-state index in [-0.39, 0.29) is 42.4 Å². The topological polar surface area (TPSA) is 49.4 Å². The fourth-order valence-corrected chi connectivity index (χ4v) is 1.18. The van der Waals surface area contributed by atoms with E-state index < -0.39 is 5.97 Å². The normalized spacial score (nSPS) is 9.13. The van der Waals surface area contributed by atoms with Crippen molar-refractivity contribution in [1.29, 1.82) is 0 Å². The molecule has 0 aliphatic carbocycles. The predicted octanol–water partition coefficient (Wildman–Crippen LogP) is -1.56. The summed E-state index contributed by atoms with van der Waals surface area (Å²) in [5, 5.41) is 10.5. The van der Waals surface area contributed by atoms with Gasteiger partial charge >= 0.3 is 29.6 Å². The van der Waals surface area contributed by atoms with E-state index in [1.54, 1.807) is 0 Å². The van der Waals surface area contributed by atoms with E-state index in [4.69, 9.17) is 17.0 Å². The Bertz CT molecular complexity index is 186. The van der Waals surface area contributed by atoms with Crippen molar-refractivity contribution in [2.75, 3.05) is 6.61 Å². The van der Waals surface area contributed by atoms with Gasteiger partial charge in [-0.2, -0.15) is 0 Å². The first kappa shape index (κ1) is 17.7. The Labute approximate surface area is 119 Å². The summed E-state index contributed by atoms with van der Waals surface area (Å²) in [7, 11) is 0. The molecule has 0 saturated carbocycles. The fraction of sp³-hybridized carbons (Fsp3) is 0.800. The van der Waals surface area contributed by atoms with Crippen molar-refractivity contribution in [2.45, 2.75) is 45.4 Å². The maximum Gasteiger partial charge on any atom is 1.00 e. The number of carboxylic acid groups (broad SMARTS) is 1. The molecule has 0 amide bonds. The Morgan fingerprint density at radius 1 is 1.27 bits per heavy atom. The fourth-order valence-electron chi connectivity index (χ4n) is 0.991. The number of ether oxygens (including phenoxy) is 1. The van der Waals surface area contributed by atoms with Crippen LogP contribution in [0.25, 0.3) is 0 Å². The summed E-state index contributed by atoms with van der Waals surface area (Å²) in [5.41, 5.74) is 0. The van der Waals surface area contributed by atoms with Crippen molar-refractivity contribution in [2.24, 2.45) is 0 Å². The first-order chi connectivity index (χ1) is 6.66. The molecular weight excluding hydrogens is 223 g/mol. The van der Waals surface area contributed by atoms with Crippen LogP contribution >= 0.6 is 12.2 Å². The van der Waals surface area contributed by atoms with Crippen LogP contribution in [0.4, 0.5) is 0 Å². The molecular formula is C10H17NaO3S. The first-order valence-corrected chi connectivity index (χ1v) is 5.43. The summed E-state index contributed by atoms with van der Waals surface area (Å²) in [6.45, 7) is 2.75. The molecule has 0 aromatic heterocycles. The molecule has 0 heterocycles. The molecule has 0 aliphatic heterocycles. The van der Waals surface area contributed by atoms with Gasteiger partial charge in [0.05, 0.1) is 6.61 Å². The van der Waals surface area contributed by atoms with Crippen molar-refractivity contribution in [3.05, 3.63) is 0 Å². The largest absolute Gasteiger partial charge is 1.00 e. The van der Waals surface area contributed by atoms with Crippen LogP contribution in [0.5, 0.6) is 0 Å². The number of unbranched alkanes of at least 4 members (excludes halogenated alkanes) is 3. The Balaban J connectivity index is 0. The maximum atomic E-state index is 10.1. The summed E-state index contributed by atoms with van der Waals surface area (Å²) >= 11 is 4.84. The average molecular weight is 240 g/mol. The summed E-state index contributed by atoms with van der Waals surface area (Å²) in [6.07, 6.45) is 4.75. The Kier molecular flexibility index (Phi) is 14.7. The van der Waals surface area contributed by atoms with Gasteiger partial charge in [-0.1, -0.05) is 26.2 Å². The Morgan fingerprint density at radius 2 is 1.93 bits per heavy atom. The standard InChI is InChI=1S/C10H18O3S.Na/c1-2-3-4-5-8-13-10(14)7-6-9(11)12;/h2-8H2,1H3,(H,11,12);/q;+1/p-1. The van der Waals surface area contributed by atoms with Gasteiger partial charge in [0, 0.05) is 12.4 Å². The van der Waals surface area contributed by atoms with E-state index in [1.807, 2.05) is 0 Å². The number of aliphatic carboxylic acids is 1. The van der Waals surface area contributed by atoms with E-state index >= 15 is 0 Å². The molecule has 0 aromatic carbocycles. The van der Waals surface area contributed by atoms with Crippen LogP contribution in [0.15, 0.2) is 0 Å². The predicted molar refractivity (Wildman–Crippen MR) is 56.9 cm³/mol. The SMILES string of the molecule is CCCCCCOC(=S)CCC(=O)[O-].[Na+]. The van der Waals surface area contributed by atoms with Gasteiger partial charge in [0.15, 0.2) is 5.05 Å². The smallest absolute Gasteiger partial charge is 0.550 e. The number of carboxylic acids is 1. The molecule has 3 nitrogen and oxygen atoms in total. The zero-order chi connectivity index (χ0) is 10.8. The van der Waals surface area contributed by atoms with Crippen LogP contribution in [-0.2, 0) is 9.53 Å². The van der Waals surface area contributed by atoms with Gasteiger partial charge in [0.2, 0.25) is 0 Å². The van der Waals surface area contributed by atoms with Crippen molar-refractivity contribution in [3.63, 3.8) is 0 Å². The van der Waals surface area contributed by atoms with Crippen LogP contribution in [0.1, 0.15) is 45.4 Å². The maximum absolute atomic E-state index is 10.1. The molecule has 0 aromatic rings. The molecule has 0 fully saturated rings. The van der Waals surface area contributed by atoms with Crippen LogP contribution in [0, 0.1) is 0 Å². The van der Waals surface area contributed by atoms with E-state index in [9.17, 15) is 9.90 Å². The van der Waals surface area contributed by atoms with Gasteiger partial charge in [-0.25, -0.2) is 0 Å². The van der Waals surface area contributed by atoms with Gasteiger partial charge in [0.25, 0.3) is 0 Å². The molecule has 0 rings (SSSR count). The van der Waals surface area contributed by atoms with Crippen LogP contribution < -0.4 is 34.7 Å². The molecule has 0 N–H and O–H groups in total. The van der Waals surface area contributed by atoms with E-state index in [1.165, 1.54) is 12.8 Å². The summed E-state index contributed by atoms with van der Waals surface area (Å²) in [4.78, 5) is 10.1. The van der Waals surface area contributed by atoms with E-state index in [0.717, 1.165) is 12.8 Å². The second-order valence-corrected chi connectivity index (χ2v) is 3.61. The van der Waals surface area contributed by atoms with Gasteiger partial charge in [-0.05, 0) is 25.1 Å². The second-order valence-electron chi connectivity index (χ2n) is 3.15. The van der Waals surface area contributed by atoms with Crippen molar-refractivity contribution in [3.8, 4) is 0 Å². The number of thiocarbonyl (C=S) groups is 1. The first-order valence-electron chi connectivity index (χ1n) is 5.02. The average Bonchev–Trinajstić information content (AvgIpc) is 2.14. The minimum atomic E-state index is -1.08. The van der Waals surface area contributed by atoms with Crippen molar-refractivity contribution in [1.82, 2.24) is 0 Å². The number of hydrogen-bond acceptors (Lipinski definition) is 4. The monoisotopic (exact) mass is 240 g/mol. The summed E-state index contributed by atoms with van der Waals surface area (Å²) < 4.78 is 5.18. The van der Waals surface area contributed by atoms with Gasteiger partial charge in [-0.3, -0.25) is 0 Å². The molecule has 82 valence electrons. The molecule has 0 bridgehead atoms. The minimum absolute atomic E-state index is 0. The molecule has 15 heavy (non-hydrogen) atoms. The number of carbonyl (C=O) groups is 1. The molecule has 5 heteroatoms. The van der Waals surface area contributed by atoms with Gasteiger partial charge in [0.1, 0.15) is 0 Å². The molecule has 0 unspecified atom stereocenters. The van der Waals surface area contributed by atoms with E-state index in [2.05, 4.69) is 6.92 Å². The number of hydrogen-bond donors (Lipinski definition) is 0. The van der Waals surface area contributed by atoms with Crippen molar-refractivity contribution < 1.29 is 44.2 Å². The van der Waals surface area contributed by atoms with Crippen LogP contribution in [0.3, 0.4) is 0 Å². The quantitative estimate of drug-likeness (QED) is 0.293. The Hall–Kier alpha value is 0.360. The van der Waals surface area contributed by atoms with Crippen molar-refractivity contribution >= 4 is 23.2 Å². The molecule has 0 saturated heterocycles. The molecule has 0 spiro atoms. The summed E-state index contributed by atoms with van der Waals surface area (Å²) in [5.74, 6) is -1.08.